The zero-order chi connectivity index (χ0) is 33.8. The lowest BCUT2D eigenvalue weighted by atomic mass is 10.00. The topological polar surface area (TPSA) is 131 Å². The third kappa shape index (κ3) is 8.34. The van der Waals surface area contributed by atoms with Crippen LogP contribution in [0.1, 0.15) is 82.3 Å². The Balaban J connectivity index is 1.94. The highest BCUT2D eigenvalue weighted by Crippen LogP contribution is 2.31. The number of benzene rings is 2. The summed E-state index contributed by atoms with van der Waals surface area (Å²) in [5.74, 6) is -0.496. The van der Waals surface area contributed by atoms with Crippen LogP contribution in [0.4, 0.5) is 10.7 Å². The lowest BCUT2D eigenvalue weighted by molar-refractivity contribution is -0.0650. The number of ether oxygens (including phenoxy) is 2. The van der Waals surface area contributed by atoms with E-state index in [0.717, 1.165) is 23.1 Å². The smallest absolute Gasteiger partial charge is 0.429 e. The zero-order valence-electron chi connectivity index (χ0n) is 28.0. The van der Waals surface area contributed by atoms with Crippen LogP contribution in [0.25, 0.3) is 11.3 Å². The Hall–Kier alpha value is -4.19. The number of fused-ring (bicyclic) bond motifs is 4. The molecule has 1 N–H and O–H groups in total. The first-order valence-corrected chi connectivity index (χ1v) is 17.1. The molecule has 0 radical (unpaired) electrons. The average molecular weight is 652 g/mol. The van der Waals surface area contributed by atoms with E-state index in [-0.39, 0.29) is 41.4 Å². The van der Waals surface area contributed by atoms with Crippen molar-refractivity contribution in [3.63, 3.8) is 0 Å². The molecule has 0 saturated carbocycles. The zero-order valence-corrected chi connectivity index (χ0v) is 28.8. The van der Waals surface area contributed by atoms with Crippen LogP contribution in [0.3, 0.4) is 0 Å². The number of carbonyl (C=O) groups excluding carboxylic acids is 2. The third-order valence-corrected chi connectivity index (χ3v) is 8.69. The minimum atomic E-state index is -4.23. The van der Waals surface area contributed by atoms with Crippen molar-refractivity contribution in [3.8, 4) is 17.1 Å². The quantitative estimate of drug-likeness (QED) is 0.296. The van der Waals surface area contributed by atoms with Crippen LogP contribution in [-0.4, -0.2) is 65.2 Å². The van der Waals surface area contributed by atoms with E-state index in [4.69, 9.17) is 9.47 Å². The number of unbranched alkanes of at least 4 members (excludes halogenated alkanes) is 1. The molecule has 2 aromatic carbocycles. The van der Waals surface area contributed by atoms with E-state index < -0.39 is 33.7 Å². The number of aromatic nitrogens is 2. The van der Waals surface area contributed by atoms with Crippen LogP contribution >= 0.6 is 0 Å². The normalized spacial score (nSPS) is 16.4. The van der Waals surface area contributed by atoms with E-state index in [1.54, 1.807) is 26.8 Å². The molecule has 4 rings (SSSR count). The molecule has 11 nitrogen and oxygen atoms in total. The third-order valence-electron chi connectivity index (χ3n) is 7.37. The number of aryl methyl sites for hydroxylation is 2. The SMILES string of the molecule is CCCCN(C(=O)OC(C)(C)C)N1C(=O)c2cccc(c2)S(=O)(=O)Nc2nc(cc(-c3c(C)cccc3C)n2)OC[C@H]1CC(C)C. The van der Waals surface area contributed by atoms with Gasteiger partial charge in [0.15, 0.2) is 0 Å². The minimum Gasteiger partial charge on any atom is -0.475 e. The number of nitrogens with zero attached hydrogens (tertiary/aromatic N) is 4. The molecule has 46 heavy (non-hydrogen) atoms. The molecule has 0 spiro atoms. The maximum atomic E-state index is 14.5. The largest absolute Gasteiger partial charge is 0.475 e. The van der Waals surface area contributed by atoms with Crippen molar-refractivity contribution in [3.05, 3.63) is 65.2 Å². The Morgan fingerprint density at radius 3 is 2.41 bits per heavy atom. The fraction of sp³-hybridized carbons (Fsp3) is 0.471. The number of anilines is 1. The van der Waals surface area contributed by atoms with E-state index in [2.05, 4.69) is 14.7 Å². The van der Waals surface area contributed by atoms with Gasteiger partial charge in [-0.05, 0) is 82.7 Å². The van der Waals surface area contributed by atoms with E-state index in [1.807, 2.05) is 52.8 Å². The summed E-state index contributed by atoms with van der Waals surface area (Å²) in [4.78, 5) is 37.1. The monoisotopic (exact) mass is 651 g/mol. The van der Waals surface area contributed by atoms with E-state index in [0.29, 0.717) is 18.5 Å². The molecule has 2 amide bonds. The standard InChI is InChI=1S/C34H45N5O6S/c1-9-10-17-38(33(41)45-34(6,7)8)39-26(18-22(2)3)21-44-29-20-28(30-23(4)13-11-14-24(30)5)35-32(36-29)37-46(42,43)27-16-12-15-25(19-27)31(39)40/h11-16,19-20,22,26H,9-10,17-18,21H2,1-8H3,(H,35,36,37)/t26-/m1/s1. The van der Waals surface area contributed by atoms with Gasteiger partial charge >= 0.3 is 6.09 Å². The first-order valence-electron chi connectivity index (χ1n) is 15.6. The van der Waals surface area contributed by atoms with Crippen molar-refractivity contribution in [1.82, 2.24) is 20.0 Å². The molecular formula is C34H45N5O6S. The highest BCUT2D eigenvalue weighted by molar-refractivity contribution is 7.92. The van der Waals surface area contributed by atoms with Gasteiger partial charge in [0, 0.05) is 23.7 Å². The second kappa shape index (κ2) is 14.1. The van der Waals surface area contributed by atoms with E-state index in [1.165, 1.54) is 34.3 Å². The molecule has 0 unspecified atom stereocenters. The summed E-state index contributed by atoms with van der Waals surface area (Å²) in [6, 6.07) is 12.6. The number of nitrogens with one attached hydrogen (secondary N) is 1. The number of sulfonamides is 1. The Morgan fingerprint density at radius 1 is 1.11 bits per heavy atom. The van der Waals surface area contributed by atoms with Crippen LogP contribution in [0.15, 0.2) is 53.4 Å². The Bertz CT molecular complexity index is 1670. The molecule has 0 aliphatic carbocycles. The lowest BCUT2D eigenvalue weighted by Crippen LogP contribution is -2.57. The summed E-state index contributed by atoms with van der Waals surface area (Å²) in [6.45, 7) is 15.4. The average Bonchev–Trinajstić information content (AvgIpc) is 2.95. The number of carbonyl (C=O) groups is 2. The summed E-state index contributed by atoms with van der Waals surface area (Å²) in [7, 11) is -4.23. The Labute approximate surface area is 272 Å². The summed E-state index contributed by atoms with van der Waals surface area (Å²) in [5.41, 5.74) is 2.47. The molecule has 0 fully saturated rings. The number of hydrogen-bond acceptors (Lipinski definition) is 8. The molecule has 1 aliphatic rings. The number of hydrazine groups is 1. The molecule has 4 bridgehead atoms. The lowest BCUT2D eigenvalue weighted by Gasteiger charge is -2.41. The number of hydrogen-bond donors (Lipinski definition) is 1. The molecule has 1 aromatic heterocycles. The van der Waals surface area contributed by atoms with Gasteiger partial charge in [-0.3, -0.25) is 4.79 Å². The van der Waals surface area contributed by atoms with Crippen LogP contribution in [0.5, 0.6) is 5.88 Å². The molecule has 1 atom stereocenters. The molecule has 248 valence electrons. The predicted molar refractivity (Wildman–Crippen MR) is 177 cm³/mol. The number of amides is 2. The van der Waals surface area contributed by atoms with Gasteiger partial charge in [-0.25, -0.2) is 32.9 Å². The highest BCUT2D eigenvalue weighted by atomic mass is 32.2. The minimum absolute atomic E-state index is 0.0373. The highest BCUT2D eigenvalue weighted by Gasteiger charge is 2.37. The molecule has 3 aromatic rings. The van der Waals surface area contributed by atoms with Gasteiger partial charge in [-0.2, -0.15) is 4.98 Å². The van der Waals surface area contributed by atoms with Gasteiger partial charge in [0.2, 0.25) is 11.8 Å². The molecule has 0 saturated heterocycles. The molecule has 12 heteroatoms. The van der Waals surface area contributed by atoms with Gasteiger partial charge < -0.3 is 9.47 Å². The van der Waals surface area contributed by atoms with Crippen molar-refractivity contribution in [2.45, 2.75) is 91.2 Å². The summed E-state index contributed by atoms with van der Waals surface area (Å²) >= 11 is 0. The maximum absolute atomic E-state index is 14.5. The number of rotatable bonds is 7. The van der Waals surface area contributed by atoms with Crippen LogP contribution < -0.4 is 9.46 Å². The first-order chi connectivity index (χ1) is 21.6. The summed E-state index contributed by atoms with van der Waals surface area (Å²) < 4.78 is 41.9. The van der Waals surface area contributed by atoms with Gasteiger partial charge in [0.1, 0.15) is 12.2 Å². The Morgan fingerprint density at radius 2 is 1.78 bits per heavy atom. The van der Waals surface area contributed by atoms with Gasteiger partial charge in [-0.15, -0.1) is 0 Å². The van der Waals surface area contributed by atoms with Gasteiger partial charge in [0.05, 0.1) is 16.6 Å². The maximum Gasteiger partial charge on any atom is 0.429 e. The fourth-order valence-corrected chi connectivity index (χ4v) is 6.33. The summed E-state index contributed by atoms with van der Waals surface area (Å²) in [6.07, 6.45) is 1.15. The second-order valence-electron chi connectivity index (χ2n) is 13.0. The Kier molecular flexibility index (Phi) is 10.6. The van der Waals surface area contributed by atoms with Crippen LogP contribution in [-0.2, 0) is 14.8 Å². The molecule has 1 aliphatic heterocycles. The van der Waals surface area contributed by atoms with Crippen molar-refractivity contribution in [2.24, 2.45) is 5.92 Å². The predicted octanol–water partition coefficient (Wildman–Crippen LogP) is 6.76. The van der Waals surface area contributed by atoms with Gasteiger partial charge in [0.25, 0.3) is 15.9 Å². The first kappa shape index (κ1) is 34.7. The van der Waals surface area contributed by atoms with Gasteiger partial charge in [-0.1, -0.05) is 51.5 Å². The van der Waals surface area contributed by atoms with E-state index >= 15 is 0 Å². The van der Waals surface area contributed by atoms with E-state index in [9.17, 15) is 18.0 Å². The van der Waals surface area contributed by atoms with Crippen molar-refractivity contribution >= 4 is 28.0 Å². The molecular weight excluding hydrogens is 606 g/mol. The van der Waals surface area contributed by atoms with Crippen LogP contribution in [0.2, 0.25) is 0 Å². The fourth-order valence-electron chi connectivity index (χ4n) is 5.35. The van der Waals surface area contributed by atoms with Crippen molar-refractivity contribution < 1.29 is 27.5 Å². The summed E-state index contributed by atoms with van der Waals surface area (Å²) in [5, 5.41) is 2.72. The van der Waals surface area contributed by atoms with Crippen LogP contribution in [0, 0.1) is 19.8 Å². The second-order valence-corrected chi connectivity index (χ2v) is 14.7. The molecule has 2 heterocycles. The van der Waals surface area contributed by atoms with Crippen molar-refractivity contribution in [2.75, 3.05) is 17.9 Å². The van der Waals surface area contributed by atoms with Crippen molar-refractivity contribution in [1.29, 1.82) is 0 Å².